The van der Waals surface area contributed by atoms with Gasteiger partial charge in [0.1, 0.15) is 11.4 Å². The highest BCUT2D eigenvalue weighted by Crippen LogP contribution is 2.34. The molecule has 8 heteroatoms. The average Bonchev–Trinajstić information content (AvgIpc) is 3.43. The van der Waals surface area contributed by atoms with Crippen LogP contribution in [0.25, 0.3) is 20.4 Å². The summed E-state index contributed by atoms with van der Waals surface area (Å²) < 4.78 is 2.36. The molecule has 6 nitrogen and oxygen atoms in total. The van der Waals surface area contributed by atoms with Gasteiger partial charge in [0, 0.05) is 0 Å². The van der Waals surface area contributed by atoms with E-state index in [0.29, 0.717) is 21.3 Å². The van der Waals surface area contributed by atoms with Crippen LogP contribution in [0.4, 0.5) is 10.8 Å². The minimum atomic E-state index is -0.250. The number of fused-ring (bicyclic) bond motifs is 2. The van der Waals surface area contributed by atoms with E-state index in [2.05, 4.69) is 18.8 Å². The molecule has 32 heavy (non-hydrogen) atoms. The number of hydrogen-bond donors (Lipinski definition) is 0. The number of rotatable bonds is 5. The smallest absolute Gasteiger partial charge is 0.262 e. The first kappa shape index (κ1) is 20.5. The van der Waals surface area contributed by atoms with Crippen molar-refractivity contribution >= 4 is 59.8 Å². The molecule has 0 spiro atoms. The fourth-order valence-corrected chi connectivity index (χ4v) is 5.27. The minimum absolute atomic E-state index is 0.126. The lowest BCUT2D eigenvalue weighted by Gasteiger charge is -2.21. The Morgan fingerprint density at radius 1 is 1.09 bits per heavy atom. The molecule has 0 saturated heterocycles. The zero-order valence-corrected chi connectivity index (χ0v) is 19.2. The SMILES string of the molecule is CC(C)c1ccc(N(C(=O)Cn2cnc3sccc3c2=O)c2nc3ccccc3s2)cc1. The highest BCUT2D eigenvalue weighted by molar-refractivity contribution is 7.22. The zero-order valence-electron chi connectivity index (χ0n) is 17.6. The fourth-order valence-electron chi connectivity index (χ4n) is 3.55. The zero-order chi connectivity index (χ0) is 22.2. The molecule has 0 atom stereocenters. The van der Waals surface area contributed by atoms with Crippen LogP contribution in [0.15, 0.2) is 71.1 Å². The van der Waals surface area contributed by atoms with Crippen LogP contribution in [0.2, 0.25) is 0 Å². The van der Waals surface area contributed by atoms with E-state index < -0.39 is 0 Å². The van der Waals surface area contributed by atoms with Crippen molar-refractivity contribution in [2.75, 3.05) is 4.90 Å². The highest BCUT2D eigenvalue weighted by atomic mass is 32.1. The van der Waals surface area contributed by atoms with Crippen molar-refractivity contribution in [3.05, 3.63) is 82.2 Å². The van der Waals surface area contributed by atoms with E-state index in [4.69, 9.17) is 4.98 Å². The predicted octanol–water partition coefficient (Wildman–Crippen LogP) is 5.56. The molecule has 3 aromatic heterocycles. The Balaban J connectivity index is 1.57. The molecule has 160 valence electrons. The van der Waals surface area contributed by atoms with E-state index in [9.17, 15) is 9.59 Å². The van der Waals surface area contributed by atoms with Gasteiger partial charge < -0.3 is 0 Å². The molecule has 0 saturated carbocycles. The number of carbonyl (C=O) groups excluding carboxylic acids is 1. The molecular formula is C24H20N4O2S2. The quantitative estimate of drug-likeness (QED) is 0.345. The maximum Gasteiger partial charge on any atom is 0.262 e. The van der Waals surface area contributed by atoms with E-state index in [1.54, 1.807) is 11.0 Å². The third-order valence-electron chi connectivity index (χ3n) is 5.30. The van der Waals surface area contributed by atoms with Gasteiger partial charge in [0.05, 0.1) is 27.6 Å². The second-order valence-corrected chi connectivity index (χ2v) is 9.66. The molecule has 0 aliphatic carbocycles. The fraction of sp³-hybridized carbons (Fsp3) is 0.167. The topological polar surface area (TPSA) is 68.1 Å². The normalized spacial score (nSPS) is 11.5. The minimum Gasteiger partial charge on any atom is -0.289 e. The number of anilines is 2. The van der Waals surface area contributed by atoms with E-state index >= 15 is 0 Å². The Bertz CT molecular complexity index is 1450. The van der Waals surface area contributed by atoms with Crippen LogP contribution in [0.5, 0.6) is 0 Å². The van der Waals surface area contributed by atoms with Crippen molar-refractivity contribution in [3.63, 3.8) is 0 Å². The molecule has 0 bridgehead atoms. The van der Waals surface area contributed by atoms with Crippen LogP contribution in [-0.4, -0.2) is 20.4 Å². The molecule has 3 heterocycles. The molecule has 5 rings (SSSR count). The van der Waals surface area contributed by atoms with Gasteiger partial charge in [-0.05, 0) is 47.2 Å². The standard InChI is InChI=1S/C24H20N4O2S2/c1-15(2)16-7-9-17(10-8-16)28(24-26-19-5-3-4-6-20(19)32-24)21(29)13-27-14-25-22-18(23(27)30)11-12-31-22/h3-12,14-15H,13H2,1-2H3. The Kier molecular flexibility index (Phi) is 5.32. The van der Waals surface area contributed by atoms with Gasteiger partial charge in [-0.3, -0.25) is 19.1 Å². The summed E-state index contributed by atoms with van der Waals surface area (Å²) in [5, 5.41) is 2.93. The number of benzene rings is 2. The molecule has 2 aromatic carbocycles. The summed E-state index contributed by atoms with van der Waals surface area (Å²) in [6.07, 6.45) is 1.44. The van der Waals surface area contributed by atoms with Gasteiger partial charge in [0.15, 0.2) is 5.13 Å². The molecule has 0 aliphatic heterocycles. The van der Waals surface area contributed by atoms with Crippen LogP contribution < -0.4 is 10.5 Å². The first-order valence-corrected chi connectivity index (χ1v) is 11.9. The lowest BCUT2D eigenvalue weighted by atomic mass is 10.0. The number of thiophene rings is 1. The summed E-state index contributed by atoms with van der Waals surface area (Å²) >= 11 is 2.86. The first-order chi connectivity index (χ1) is 15.5. The number of hydrogen-bond acceptors (Lipinski definition) is 6. The van der Waals surface area contributed by atoms with Crippen molar-refractivity contribution in [1.29, 1.82) is 0 Å². The predicted molar refractivity (Wildman–Crippen MR) is 131 cm³/mol. The summed E-state index contributed by atoms with van der Waals surface area (Å²) in [5.74, 6) is 0.137. The molecule has 0 aliphatic rings. The Labute approximate surface area is 192 Å². The third-order valence-corrected chi connectivity index (χ3v) is 7.14. The molecule has 0 fully saturated rings. The number of aromatic nitrogens is 3. The van der Waals surface area contributed by atoms with E-state index in [1.165, 1.54) is 39.1 Å². The van der Waals surface area contributed by atoms with Gasteiger partial charge in [0.2, 0.25) is 0 Å². The van der Waals surface area contributed by atoms with E-state index in [0.717, 1.165) is 15.9 Å². The van der Waals surface area contributed by atoms with Gasteiger partial charge in [-0.25, -0.2) is 9.97 Å². The van der Waals surface area contributed by atoms with Crippen LogP contribution in [0, 0.1) is 0 Å². The van der Waals surface area contributed by atoms with Crippen molar-refractivity contribution in [2.45, 2.75) is 26.3 Å². The highest BCUT2D eigenvalue weighted by Gasteiger charge is 2.23. The van der Waals surface area contributed by atoms with E-state index in [-0.39, 0.29) is 18.0 Å². The number of amides is 1. The van der Waals surface area contributed by atoms with Crippen molar-refractivity contribution in [3.8, 4) is 0 Å². The Morgan fingerprint density at radius 3 is 2.62 bits per heavy atom. The number of carbonyl (C=O) groups is 1. The van der Waals surface area contributed by atoms with E-state index in [1.807, 2.05) is 53.9 Å². The second-order valence-electron chi connectivity index (χ2n) is 7.76. The Hall–Kier alpha value is -3.36. The van der Waals surface area contributed by atoms with Gasteiger partial charge in [0.25, 0.3) is 11.5 Å². The third kappa shape index (κ3) is 3.72. The van der Waals surface area contributed by atoms with Crippen molar-refractivity contribution in [1.82, 2.24) is 14.5 Å². The van der Waals surface area contributed by atoms with Crippen LogP contribution in [0.1, 0.15) is 25.3 Å². The van der Waals surface area contributed by atoms with Crippen LogP contribution in [0.3, 0.4) is 0 Å². The molecule has 0 unspecified atom stereocenters. The number of para-hydroxylation sites is 1. The molecule has 0 radical (unpaired) electrons. The van der Waals surface area contributed by atoms with Gasteiger partial charge in [-0.2, -0.15) is 0 Å². The van der Waals surface area contributed by atoms with Crippen LogP contribution in [-0.2, 0) is 11.3 Å². The Morgan fingerprint density at radius 2 is 1.88 bits per heavy atom. The van der Waals surface area contributed by atoms with Crippen molar-refractivity contribution in [2.24, 2.45) is 0 Å². The average molecular weight is 461 g/mol. The summed E-state index contributed by atoms with van der Waals surface area (Å²) in [5.41, 5.74) is 2.52. The second kappa shape index (κ2) is 8.29. The largest absolute Gasteiger partial charge is 0.289 e. The van der Waals surface area contributed by atoms with Gasteiger partial charge in [-0.15, -0.1) is 11.3 Å². The van der Waals surface area contributed by atoms with Crippen molar-refractivity contribution < 1.29 is 4.79 Å². The summed E-state index contributed by atoms with van der Waals surface area (Å²) in [7, 11) is 0. The maximum atomic E-state index is 13.5. The molecule has 1 amide bonds. The molecular weight excluding hydrogens is 440 g/mol. The summed E-state index contributed by atoms with van der Waals surface area (Å²) in [4.78, 5) is 37.7. The summed E-state index contributed by atoms with van der Waals surface area (Å²) in [6, 6.07) is 17.5. The number of nitrogens with zero attached hydrogens (tertiary/aromatic N) is 4. The van der Waals surface area contributed by atoms with Crippen LogP contribution >= 0.6 is 22.7 Å². The molecule has 0 N–H and O–H groups in total. The lowest BCUT2D eigenvalue weighted by Crippen LogP contribution is -2.33. The first-order valence-electron chi connectivity index (χ1n) is 10.2. The summed E-state index contributed by atoms with van der Waals surface area (Å²) in [6.45, 7) is 4.14. The maximum absolute atomic E-state index is 13.5. The lowest BCUT2D eigenvalue weighted by molar-refractivity contribution is -0.118. The van der Waals surface area contributed by atoms with Gasteiger partial charge in [-0.1, -0.05) is 49.4 Å². The molecule has 5 aromatic rings. The monoisotopic (exact) mass is 460 g/mol. The van der Waals surface area contributed by atoms with Gasteiger partial charge >= 0.3 is 0 Å². The number of thiazole rings is 1.